The van der Waals surface area contributed by atoms with Crippen molar-refractivity contribution in [3.8, 4) is 11.5 Å². The molecule has 1 fully saturated rings. The van der Waals surface area contributed by atoms with E-state index >= 15 is 0 Å². The molecule has 0 bridgehead atoms. The summed E-state index contributed by atoms with van der Waals surface area (Å²) in [6, 6.07) is 14.4. The van der Waals surface area contributed by atoms with Gasteiger partial charge in [0.2, 0.25) is 0 Å². The second-order valence-electron chi connectivity index (χ2n) is 7.41. The Hall–Kier alpha value is -2.37. The van der Waals surface area contributed by atoms with Crippen molar-refractivity contribution in [3.63, 3.8) is 0 Å². The maximum Gasteiger partial charge on any atom is 0.184 e. The fourth-order valence-electron chi connectivity index (χ4n) is 4.09. The number of H-pyrrole nitrogens is 1. The molecule has 5 rings (SSSR count). The van der Waals surface area contributed by atoms with E-state index in [2.05, 4.69) is 39.0 Å². The van der Waals surface area contributed by atoms with Gasteiger partial charge < -0.3 is 19.4 Å². The first kappa shape index (κ1) is 17.7. The number of ether oxygens (including phenoxy) is 2. The van der Waals surface area contributed by atoms with Crippen LogP contribution in [0.2, 0.25) is 5.02 Å². The molecule has 0 amide bonds. The van der Waals surface area contributed by atoms with Gasteiger partial charge in [-0.15, -0.1) is 0 Å². The predicted octanol–water partition coefficient (Wildman–Crippen LogP) is 3.96. The molecule has 2 aliphatic heterocycles. The number of hydrogen-bond acceptors (Lipinski definition) is 4. The summed E-state index contributed by atoms with van der Waals surface area (Å²) in [4.78, 5) is 8.43. The number of rotatable bonds is 4. The van der Waals surface area contributed by atoms with Crippen molar-refractivity contribution >= 4 is 28.2 Å². The molecule has 3 heterocycles. The van der Waals surface area contributed by atoms with E-state index in [1.165, 1.54) is 11.1 Å². The minimum Gasteiger partial charge on any atom is -0.486 e. The van der Waals surface area contributed by atoms with Gasteiger partial charge in [-0.3, -0.25) is 4.90 Å². The highest BCUT2D eigenvalue weighted by Crippen LogP contribution is 2.39. The fraction of sp³-hybridized carbons (Fsp3) is 0.364. The highest BCUT2D eigenvalue weighted by atomic mass is 35.5. The van der Waals surface area contributed by atoms with E-state index in [0.29, 0.717) is 13.2 Å². The van der Waals surface area contributed by atoms with Gasteiger partial charge in [0.15, 0.2) is 11.5 Å². The first-order chi connectivity index (χ1) is 13.8. The van der Waals surface area contributed by atoms with Crippen molar-refractivity contribution in [2.24, 2.45) is 0 Å². The topological polar surface area (TPSA) is 40.7 Å². The van der Waals surface area contributed by atoms with Crippen molar-refractivity contribution in [1.29, 1.82) is 0 Å². The molecule has 0 spiro atoms. The molecule has 0 unspecified atom stereocenters. The van der Waals surface area contributed by atoms with Gasteiger partial charge in [0, 0.05) is 55.4 Å². The summed E-state index contributed by atoms with van der Waals surface area (Å²) < 4.78 is 11.6. The minimum atomic E-state index is 0.625. The van der Waals surface area contributed by atoms with E-state index in [1.54, 1.807) is 0 Å². The van der Waals surface area contributed by atoms with Crippen LogP contribution in [0, 0.1) is 0 Å². The summed E-state index contributed by atoms with van der Waals surface area (Å²) in [7, 11) is 0. The fourth-order valence-corrected chi connectivity index (χ4v) is 4.26. The zero-order valence-corrected chi connectivity index (χ0v) is 16.5. The SMILES string of the molecule is Clc1ccc2cc(CCN3CCN(c4cccc5c4OCCO5)CC3)[nH]c2c1. The molecule has 28 heavy (non-hydrogen) atoms. The number of aromatic nitrogens is 1. The van der Waals surface area contributed by atoms with Crippen molar-refractivity contribution in [2.45, 2.75) is 6.42 Å². The number of piperazine rings is 1. The molecule has 2 aliphatic rings. The standard InChI is InChI=1S/C22H24ClN3O2/c23-17-5-4-16-14-18(24-19(16)15-17)6-7-25-8-10-26(11-9-25)20-2-1-3-21-22(20)28-13-12-27-21/h1-5,14-15,24H,6-13H2. The van der Waals surface area contributed by atoms with E-state index in [9.17, 15) is 0 Å². The third-order valence-corrected chi connectivity index (χ3v) is 5.83. The van der Waals surface area contributed by atoms with Gasteiger partial charge in [-0.05, 0) is 35.7 Å². The van der Waals surface area contributed by atoms with Crippen LogP contribution in [-0.2, 0) is 6.42 Å². The maximum absolute atomic E-state index is 6.09. The summed E-state index contributed by atoms with van der Waals surface area (Å²) >= 11 is 6.09. The number of benzene rings is 2. The zero-order valence-electron chi connectivity index (χ0n) is 15.8. The Kier molecular flexibility index (Phi) is 4.79. The molecular formula is C22H24ClN3O2. The van der Waals surface area contributed by atoms with Gasteiger partial charge in [-0.1, -0.05) is 23.7 Å². The van der Waals surface area contributed by atoms with Crippen LogP contribution in [0.1, 0.15) is 5.69 Å². The van der Waals surface area contributed by atoms with E-state index in [-0.39, 0.29) is 0 Å². The van der Waals surface area contributed by atoms with Crippen molar-refractivity contribution in [3.05, 3.63) is 53.2 Å². The third-order valence-electron chi connectivity index (χ3n) is 5.60. The number of fused-ring (bicyclic) bond motifs is 2. The van der Waals surface area contributed by atoms with Gasteiger partial charge in [-0.25, -0.2) is 0 Å². The number of hydrogen-bond donors (Lipinski definition) is 1. The molecule has 1 N–H and O–H groups in total. The maximum atomic E-state index is 6.09. The molecule has 6 heteroatoms. The zero-order chi connectivity index (χ0) is 18.9. The monoisotopic (exact) mass is 397 g/mol. The number of para-hydroxylation sites is 1. The van der Waals surface area contributed by atoms with E-state index in [0.717, 1.165) is 66.9 Å². The number of nitrogens with one attached hydrogen (secondary N) is 1. The molecule has 146 valence electrons. The first-order valence-corrected chi connectivity index (χ1v) is 10.3. The third kappa shape index (κ3) is 3.52. The second kappa shape index (κ2) is 7.57. The Morgan fingerprint density at radius 2 is 1.82 bits per heavy atom. The van der Waals surface area contributed by atoms with Crippen molar-refractivity contribution in [2.75, 3.05) is 50.8 Å². The molecule has 1 aromatic heterocycles. The predicted molar refractivity (Wildman–Crippen MR) is 113 cm³/mol. The molecule has 0 aliphatic carbocycles. The number of aromatic amines is 1. The van der Waals surface area contributed by atoms with Crippen LogP contribution in [-0.4, -0.2) is 55.8 Å². The lowest BCUT2D eigenvalue weighted by atomic mass is 10.2. The van der Waals surface area contributed by atoms with Crippen molar-refractivity contribution in [1.82, 2.24) is 9.88 Å². The van der Waals surface area contributed by atoms with Crippen LogP contribution in [0.25, 0.3) is 10.9 Å². The van der Waals surface area contributed by atoms with Gasteiger partial charge in [0.05, 0.1) is 5.69 Å². The minimum absolute atomic E-state index is 0.625. The molecule has 5 nitrogen and oxygen atoms in total. The molecule has 2 aromatic carbocycles. The normalized spacial score (nSPS) is 17.2. The van der Waals surface area contributed by atoms with E-state index in [1.807, 2.05) is 18.2 Å². The van der Waals surface area contributed by atoms with Crippen LogP contribution in [0.3, 0.4) is 0 Å². The Bertz CT molecular complexity index is 979. The lowest BCUT2D eigenvalue weighted by Gasteiger charge is -2.37. The smallest absolute Gasteiger partial charge is 0.184 e. The molecule has 3 aromatic rings. The number of nitrogens with zero attached hydrogens (tertiary/aromatic N) is 2. The molecule has 0 radical (unpaired) electrons. The quantitative estimate of drug-likeness (QED) is 0.723. The van der Waals surface area contributed by atoms with Gasteiger partial charge in [-0.2, -0.15) is 0 Å². The Morgan fingerprint density at radius 1 is 0.964 bits per heavy atom. The second-order valence-corrected chi connectivity index (χ2v) is 7.84. The van der Waals surface area contributed by atoms with Crippen LogP contribution in [0.5, 0.6) is 11.5 Å². The average molecular weight is 398 g/mol. The number of anilines is 1. The lowest BCUT2D eigenvalue weighted by Crippen LogP contribution is -2.47. The van der Waals surface area contributed by atoms with Crippen molar-refractivity contribution < 1.29 is 9.47 Å². The summed E-state index contributed by atoms with van der Waals surface area (Å²) in [5.74, 6) is 1.77. The van der Waals surface area contributed by atoms with E-state index < -0.39 is 0 Å². The summed E-state index contributed by atoms with van der Waals surface area (Å²) in [5, 5.41) is 2.00. The lowest BCUT2D eigenvalue weighted by molar-refractivity contribution is 0.171. The van der Waals surface area contributed by atoms with Gasteiger partial charge in [0.1, 0.15) is 13.2 Å². The molecular weight excluding hydrogens is 374 g/mol. The Balaban J connectivity index is 1.19. The van der Waals surface area contributed by atoms with Gasteiger partial charge in [0.25, 0.3) is 0 Å². The summed E-state index contributed by atoms with van der Waals surface area (Å²) in [6.45, 7) is 6.42. The van der Waals surface area contributed by atoms with Crippen LogP contribution in [0.15, 0.2) is 42.5 Å². The Labute approximate surface area is 169 Å². The molecule has 0 saturated carbocycles. The first-order valence-electron chi connectivity index (χ1n) is 9.89. The highest BCUT2D eigenvalue weighted by molar-refractivity contribution is 6.31. The molecule has 1 saturated heterocycles. The van der Waals surface area contributed by atoms with Crippen LogP contribution < -0.4 is 14.4 Å². The van der Waals surface area contributed by atoms with Gasteiger partial charge >= 0.3 is 0 Å². The molecule has 0 atom stereocenters. The number of halogens is 1. The Morgan fingerprint density at radius 3 is 2.71 bits per heavy atom. The van der Waals surface area contributed by atoms with Crippen LogP contribution in [0.4, 0.5) is 5.69 Å². The largest absolute Gasteiger partial charge is 0.486 e. The summed E-state index contributed by atoms with van der Waals surface area (Å²) in [6.07, 6.45) is 1.02. The van der Waals surface area contributed by atoms with E-state index in [4.69, 9.17) is 21.1 Å². The highest BCUT2D eigenvalue weighted by Gasteiger charge is 2.23. The van der Waals surface area contributed by atoms with Crippen LogP contribution >= 0.6 is 11.6 Å². The average Bonchev–Trinajstić information content (AvgIpc) is 3.14. The summed E-state index contributed by atoms with van der Waals surface area (Å²) in [5.41, 5.74) is 3.54.